The maximum Gasteiger partial charge on any atom is 0.337 e. The van der Waals surface area contributed by atoms with E-state index in [1.54, 1.807) is 0 Å². The topological polar surface area (TPSA) is 84.5 Å². The SMILES string of the molecule is COC(=O)c1ccc(S(=O)(=O)NC2CCNC(C)C2)cc1. The standard InChI is InChI=1S/C14H20N2O4S/c1-10-9-12(7-8-15-10)16-21(18,19)13-5-3-11(4-6-13)14(17)20-2/h3-6,10,12,15-16H,7-9H2,1-2H3. The summed E-state index contributed by atoms with van der Waals surface area (Å²) in [6.45, 7) is 2.83. The average Bonchev–Trinajstić information content (AvgIpc) is 2.46. The molecule has 0 saturated carbocycles. The highest BCUT2D eigenvalue weighted by Crippen LogP contribution is 2.15. The minimum atomic E-state index is -3.56. The highest BCUT2D eigenvalue weighted by atomic mass is 32.2. The number of hydrogen-bond donors (Lipinski definition) is 2. The van der Waals surface area contributed by atoms with Crippen molar-refractivity contribution in [1.82, 2.24) is 10.0 Å². The van der Waals surface area contributed by atoms with E-state index >= 15 is 0 Å². The molecule has 1 aromatic carbocycles. The molecule has 0 radical (unpaired) electrons. The van der Waals surface area contributed by atoms with Gasteiger partial charge >= 0.3 is 5.97 Å². The Morgan fingerprint density at radius 1 is 1.33 bits per heavy atom. The molecule has 0 bridgehead atoms. The predicted octanol–water partition coefficient (Wildman–Crippen LogP) is 0.892. The summed E-state index contributed by atoms with van der Waals surface area (Å²) in [5, 5.41) is 3.28. The summed E-state index contributed by atoms with van der Waals surface area (Å²) in [6.07, 6.45) is 1.53. The van der Waals surface area contributed by atoms with Crippen LogP contribution >= 0.6 is 0 Å². The molecule has 1 saturated heterocycles. The van der Waals surface area contributed by atoms with Gasteiger partial charge in [-0.05, 0) is 50.6 Å². The molecule has 1 heterocycles. The van der Waals surface area contributed by atoms with Gasteiger partial charge in [0.05, 0.1) is 17.6 Å². The monoisotopic (exact) mass is 312 g/mol. The molecule has 2 N–H and O–H groups in total. The first-order valence-electron chi connectivity index (χ1n) is 6.86. The molecule has 7 heteroatoms. The minimum absolute atomic E-state index is 0.0634. The lowest BCUT2D eigenvalue weighted by Crippen LogP contribution is -2.46. The Morgan fingerprint density at radius 2 is 2.00 bits per heavy atom. The molecule has 21 heavy (non-hydrogen) atoms. The van der Waals surface area contributed by atoms with Gasteiger partial charge in [-0.25, -0.2) is 17.9 Å². The number of sulfonamides is 1. The van der Waals surface area contributed by atoms with E-state index in [2.05, 4.69) is 14.8 Å². The van der Waals surface area contributed by atoms with E-state index in [1.807, 2.05) is 6.92 Å². The minimum Gasteiger partial charge on any atom is -0.465 e. The highest BCUT2D eigenvalue weighted by Gasteiger charge is 2.24. The van der Waals surface area contributed by atoms with Gasteiger partial charge in [0.1, 0.15) is 0 Å². The third kappa shape index (κ3) is 4.03. The Hall–Kier alpha value is -1.44. The second-order valence-electron chi connectivity index (χ2n) is 5.21. The van der Waals surface area contributed by atoms with Crippen LogP contribution in [0.15, 0.2) is 29.2 Å². The number of piperidine rings is 1. The summed E-state index contributed by atoms with van der Waals surface area (Å²) < 4.78 is 31.9. The summed E-state index contributed by atoms with van der Waals surface area (Å²) in [5.41, 5.74) is 0.326. The maximum atomic E-state index is 12.3. The van der Waals surface area contributed by atoms with Crippen LogP contribution in [0.2, 0.25) is 0 Å². The molecule has 1 aromatic rings. The van der Waals surface area contributed by atoms with Gasteiger partial charge in [0.2, 0.25) is 10.0 Å². The van der Waals surface area contributed by atoms with Crippen LogP contribution in [0.1, 0.15) is 30.1 Å². The highest BCUT2D eigenvalue weighted by molar-refractivity contribution is 7.89. The van der Waals surface area contributed by atoms with Crippen LogP contribution in [-0.2, 0) is 14.8 Å². The summed E-state index contributed by atoms with van der Waals surface area (Å²) >= 11 is 0. The van der Waals surface area contributed by atoms with Crippen LogP contribution in [0.5, 0.6) is 0 Å². The number of hydrogen-bond acceptors (Lipinski definition) is 5. The molecule has 2 atom stereocenters. The fourth-order valence-electron chi connectivity index (χ4n) is 2.41. The summed E-state index contributed by atoms with van der Waals surface area (Å²) in [5.74, 6) is -0.487. The number of carbonyl (C=O) groups excluding carboxylic acids is 1. The molecular weight excluding hydrogens is 292 g/mol. The van der Waals surface area contributed by atoms with E-state index in [0.29, 0.717) is 11.6 Å². The molecular formula is C14H20N2O4S. The molecule has 1 aliphatic heterocycles. The van der Waals surface area contributed by atoms with E-state index in [-0.39, 0.29) is 10.9 Å². The molecule has 2 unspecified atom stereocenters. The molecule has 0 amide bonds. The average molecular weight is 312 g/mol. The van der Waals surface area contributed by atoms with Crippen molar-refractivity contribution in [1.29, 1.82) is 0 Å². The van der Waals surface area contributed by atoms with Crippen LogP contribution in [0.4, 0.5) is 0 Å². The molecule has 1 fully saturated rings. The summed E-state index contributed by atoms with van der Waals surface area (Å²) in [7, 11) is -2.28. The zero-order valence-corrected chi connectivity index (χ0v) is 12.9. The van der Waals surface area contributed by atoms with Crippen LogP contribution in [0.25, 0.3) is 0 Å². The lowest BCUT2D eigenvalue weighted by molar-refractivity contribution is 0.0600. The number of rotatable bonds is 4. The van der Waals surface area contributed by atoms with Gasteiger partial charge in [-0.2, -0.15) is 0 Å². The molecule has 1 aliphatic rings. The molecule has 0 aliphatic carbocycles. The fraction of sp³-hybridized carbons (Fsp3) is 0.500. The largest absolute Gasteiger partial charge is 0.465 e. The van der Waals surface area contributed by atoms with Gasteiger partial charge in [0, 0.05) is 12.1 Å². The van der Waals surface area contributed by atoms with Crippen molar-refractivity contribution in [3.8, 4) is 0 Å². The smallest absolute Gasteiger partial charge is 0.337 e. The van der Waals surface area contributed by atoms with Crippen molar-refractivity contribution in [3.63, 3.8) is 0 Å². The van der Waals surface area contributed by atoms with E-state index < -0.39 is 16.0 Å². The van der Waals surface area contributed by atoms with Crippen molar-refractivity contribution in [2.24, 2.45) is 0 Å². The summed E-state index contributed by atoms with van der Waals surface area (Å²) in [6, 6.07) is 5.97. The Kier molecular flexibility index (Phi) is 4.97. The van der Waals surface area contributed by atoms with E-state index in [1.165, 1.54) is 31.4 Å². The predicted molar refractivity (Wildman–Crippen MR) is 78.6 cm³/mol. The molecule has 2 rings (SSSR count). The van der Waals surface area contributed by atoms with E-state index in [0.717, 1.165) is 19.4 Å². The van der Waals surface area contributed by atoms with Gasteiger partial charge < -0.3 is 10.1 Å². The third-order valence-corrected chi connectivity index (χ3v) is 5.07. The Bertz CT molecular complexity index is 598. The number of benzene rings is 1. The van der Waals surface area contributed by atoms with E-state index in [9.17, 15) is 13.2 Å². The fourth-order valence-corrected chi connectivity index (χ4v) is 3.70. The number of nitrogens with one attached hydrogen (secondary N) is 2. The molecule has 0 aromatic heterocycles. The second kappa shape index (κ2) is 6.55. The summed E-state index contributed by atoms with van der Waals surface area (Å²) in [4.78, 5) is 11.5. The first-order chi connectivity index (χ1) is 9.92. The van der Waals surface area contributed by atoms with Gasteiger partial charge in [0.25, 0.3) is 0 Å². The molecule has 116 valence electrons. The normalized spacial score (nSPS) is 22.8. The lowest BCUT2D eigenvalue weighted by Gasteiger charge is -2.28. The van der Waals surface area contributed by atoms with Crippen LogP contribution < -0.4 is 10.0 Å². The van der Waals surface area contributed by atoms with Crippen LogP contribution in [0, 0.1) is 0 Å². The first-order valence-corrected chi connectivity index (χ1v) is 8.35. The Morgan fingerprint density at radius 3 is 2.57 bits per heavy atom. The first kappa shape index (κ1) is 15.9. The second-order valence-corrected chi connectivity index (χ2v) is 6.93. The number of esters is 1. The molecule has 0 spiro atoms. The van der Waals surface area contributed by atoms with Crippen molar-refractivity contribution in [3.05, 3.63) is 29.8 Å². The third-order valence-electron chi connectivity index (χ3n) is 3.53. The molecule has 6 nitrogen and oxygen atoms in total. The van der Waals surface area contributed by atoms with Crippen molar-refractivity contribution >= 4 is 16.0 Å². The number of carbonyl (C=O) groups is 1. The Labute approximate surface area is 124 Å². The van der Waals surface area contributed by atoms with Gasteiger partial charge in [0.15, 0.2) is 0 Å². The van der Waals surface area contributed by atoms with Gasteiger partial charge in [-0.3, -0.25) is 0 Å². The van der Waals surface area contributed by atoms with E-state index in [4.69, 9.17) is 0 Å². The van der Waals surface area contributed by atoms with Crippen molar-refractivity contribution in [2.75, 3.05) is 13.7 Å². The Balaban J connectivity index is 2.10. The van der Waals surface area contributed by atoms with Crippen LogP contribution in [0.3, 0.4) is 0 Å². The van der Waals surface area contributed by atoms with Gasteiger partial charge in [-0.1, -0.05) is 0 Å². The number of ether oxygens (including phenoxy) is 1. The number of methoxy groups -OCH3 is 1. The quantitative estimate of drug-likeness (QED) is 0.807. The van der Waals surface area contributed by atoms with Gasteiger partial charge in [-0.15, -0.1) is 0 Å². The zero-order valence-electron chi connectivity index (χ0n) is 12.1. The maximum absolute atomic E-state index is 12.3. The van der Waals surface area contributed by atoms with Crippen molar-refractivity contribution < 1.29 is 17.9 Å². The lowest BCUT2D eigenvalue weighted by atomic mass is 10.0. The zero-order chi connectivity index (χ0) is 15.5. The van der Waals surface area contributed by atoms with Crippen LogP contribution in [-0.4, -0.2) is 40.1 Å². The van der Waals surface area contributed by atoms with Crippen molar-refractivity contribution in [2.45, 2.75) is 36.7 Å².